The van der Waals surface area contributed by atoms with Gasteiger partial charge in [-0.3, -0.25) is 0 Å². The molecule has 44 valence electrons. The van der Waals surface area contributed by atoms with Crippen molar-refractivity contribution < 1.29 is 9.53 Å². The Balaban J connectivity index is 3.81. The van der Waals surface area contributed by atoms with Gasteiger partial charge in [0.05, 0.1) is 6.61 Å². The molecular formula is C6H8O2. The normalized spacial score (nSPS) is 6.75. The van der Waals surface area contributed by atoms with Crippen molar-refractivity contribution in [2.45, 2.75) is 13.8 Å². The first-order valence-corrected chi connectivity index (χ1v) is 2.40. The van der Waals surface area contributed by atoms with Crippen molar-refractivity contribution in [1.29, 1.82) is 0 Å². The quantitative estimate of drug-likeness (QED) is 0.301. The van der Waals surface area contributed by atoms with E-state index in [0.29, 0.717) is 12.4 Å². The van der Waals surface area contributed by atoms with Gasteiger partial charge in [0.2, 0.25) is 0 Å². The zero-order valence-electron chi connectivity index (χ0n) is 5.02. The Labute approximate surface area is 48.5 Å². The number of ether oxygens (including phenoxy) is 1. The lowest BCUT2D eigenvalue weighted by Gasteiger charge is -1.94. The largest absolute Gasteiger partial charge is 0.490 e. The van der Waals surface area contributed by atoms with Crippen molar-refractivity contribution >= 4 is 5.94 Å². The second-order valence-electron chi connectivity index (χ2n) is 1.22. The lowest BCUT2D eigenvalue weighted by atomic mass is 10.6. The SMILES string of the molecule is CCOC(C)=C=C=O. The minimum Gasteiger partial charge on any atom is -0.490 e. The van der Waals surface area contributed by atoms with E-state index >= 15 is 0 Å². The minimum atomic E-state index is 0.488. The van der Waals surface area contributed by atoms with Crippen LogP contribution >= 0.6 is 0 Å². The molecule has 2 nitrogen and oxygen atoms in total. The van der Waals surface area contributed by atoms with Crippen LogP contribution in [0.3, 0.4) is 0 Å². The molecule has 0 heterocycles. The Morgan fingerprint density at radius 2 is 2.38 bits per heavy atom. The number of hydrogen-bond donors (Lipinski definition) is 0. The fourth-order valence-electron chi connectivity index (χ4n) is 0.324. The molecule has 0 fully saturated rings. The summed E-state index contributed by atoms with van der Waals surface area (Å²) in [5.41, 5.74) is 2.24. The second-order valence-corrected chi connectivity index (χ2v) is 1.22. The zero-order valence-corrected chi connectivity index (χ0v) is 5.02. The summed E-state index contributed by atoms with van der Waals surface area (Å²) in [4.78, 5) is 9.55. The molecule has 0 aromatic heterocycles. The molecule has 0 spiro atoms. The minimum absolute atomic E-state index is 0.488. The number of rotatable bonds is 2. The highest BCUT2D eigenvalue weighted by Gasteiger charge is 1.78. The Morgan fingerprint density at radius 3 is 2.75 bits per heavy atom. The molecule has 8 heavy (non-hydrogen) atoms. The van der Waals surface area contributed by atoms with Crippen LogP contribution in [0.25, 0.3) is 0 Å². The Bertz CT molecular complexity index is 137. The van der Waals surface area contributed by atoms with Crippen molar-refractivity contribution in [1.82, 2.24) is 0 Å². The number of carbonyl (C=O) groups excluding carboxylic acids is 1. The third-order valence-corrected chi connectivity index (χ3v) is 0.588. The van der Waals surface area contributed by atoms with E-state index in [0.717, 1.165) is 0 Å². The average Bonchev–Trinajstić information content (AvgIpc) is 1.68. The predicted molar refractivity (Wildman–Crippen MR) is 30.0 cm³/mol. The fraction of sp³-hybridized carbons (Fsp3) is 0.500. The molecule has 0 aromatic carbocycles. The topological polar surface area (TPSA) is 26.3 Å². The maximum atomic E-state index is 9.55. The molecule has 0 unspecified atom stereocenters. The number of hydrogen-bond acceptors (Lipinski definition) is 2. The van der Waals surface area contributed by atoms with Gasteiger partial charge in [0.25, 0.3) is 0 Å². The van der Waals surface area contributed by atoms with E-state index in [2.05, 4.69) is 5.73 Å². The second kappa shape index (κ2) is 4.20. The van der Waals surface area contributed by atoms with Crippen molar-refractivity contribution in [2.75, 3.05) is 6.61 Å². The standard InChI is InChI=1S/C6H8O2/c1-3-8-6(2)4-5-7/h3H2,1-2H3. The van der Waals surface area contributed by atoms with Gasteiger partial charge in [-0.1, -0.05) is 0 Å². The summed E-state index contributed by atoms with van der Waals surface area (Å²) in [6, 6.07) is 0. The Kier molecular flexibility index (Phi) is 3.69. The molecule has 0 aliphatic heterocycles. The van der Waals surface area contributed by atoms with Crippen molar-refractivity contribution in [3.8, 4) is 0 Å². The summed E-state index contributed by atoms with van der Waals surface area (Å²) in [5.74, 6) is 1.98. The molecule has 0 saturated carbocycles. The highest BCUT2D eigenvalue weighted by Crippen LogP contribution is 1.87. The van der Waals surface area contributed by atoms with Crippen LogP contribution < -0.4 is 0 Å². The monoisotopic (exact) mass is 112 g/mol. The number of allylic oxidation sites excluding steroid dienone is 1. The van der Waals surface area contributed by atoms with Crippen molar-refractivity contribution in [3.63, 3.8) is 0 Å². The van der Waals surface area contributed by atoms with Crippen LogP contribution in [0.2, 0.25) is 0 Å². The summed E-state index contributed by atoms with van der Waals surface area (Å²) in [5, 5.41) is 0. The van der Waals surface area contributed by atoms with Gasteiger partial charge in [0.1, 0.15) is 5.76 Å². The van der Waals surface area contributed by atoms with Crippen LogP contribution in [-0.4, -0.2) is 12.5 Å². The third-order valence-electron chi connectivity index (χ3n) is 0.588. The summed E-state index contributed by atoms with van der Waals surface area (Å²) in [7, 11) is 0. The average molecular weight is 112 g/mol. The van der Waals surface area contributed by atoms with E-state index in [1.807, 2.05) is 6.92 Å². The van der Waals surface area contributed by atoms with E-state index < -0.39 is 0 Å². The predicted octanol–water partition coefficient (Wildman–Crippen LogP) is 0.913. The van der Waals surface area contributed by atoms with E-state index in [-0.39, 0.29) is 0 Å². The molecule has 0 saturated heterocycles. The Hall–Kier alpha value is -0.970. The molecule has 0 aliphatic rings. The van der Waals surface area contributed by atoms with E-state index in [9.17, 15) is 4.79 Å². The highest BCUT2D eigenvalue weighted by molar-refractivity contribution is 5.44. The first-order valence-electron chi connectivity index (χ1n) is 2.40. The lowest BCUT2D eigenvalue weighted by molar-refractivity contribution is 0.232. The van der Waals surface area contributed by atoms with Crippen molar-refractivity contribution in [3.05, 3.63) is 11.5 Å². The van der Waals surface area contributed by atoms with Crippen LogP contribution in [0.4, 0.5) is 0 Å². The maximum Gasteiger partial charge on any atom is 0.180 e. The smallest absolute Gasteiger partial charge is 0.180 e. The fourth-order valence-corrected chi connectivity index (χ4v) is 0.324. The molecule has 0 aromatic rings. The summed E-state index contributed by atoms with van der Waals surface area (Å²) >= 11 is 0. The van der Waals surface area contributed by atoms with E-state index in [1.165, 1.54) is 5.94 Å². The van der Waals surface area contributed by atoms with Gasteiger partial charge in [-0.05, 0) is 6.92 Å². The van der Waals surface area contributed by atoms with Crippen molar-refractivity contribution in [2.24, 2.45) is 0 Å². The van der Waals surface area contributed by atoms with Gasteiger partial charge in [-0.25, -0.2) is 4.79 Å². The van der Waals surface area contributed by atoms with Crippen LogP contribution in [0.5, 0.6) is 0 Å². The first kappa shape index (κ1) is 7.03. The maximum absolute atomic E-state index is 9.55. The molecular weight excluding hydrogens is 104 g/mol. The summed E-state index contributed by atoms with van der Waals surface area (Å²) < 4.78 is 4.83. The highest BCUT2D eigenvalue weighted by atomic mass is 16.5. The molecule has 0 N–H and O–H groups in total. The molecule has 0 bridgehead atoms. The van der Waals surface area contributed by atoms with E-state index in [4.69, 9.17) is 4.74 Å². The molecule has 0 atom stereocenters. The first-order chi connectivity index (χ1) is 3.81. The molecule has 0 aliphatic carbocycles. The van der Waals surface area contributed by atoms with Crippen LogP contribution in [0.15, 0.2) is 11.5 Å². The van der Waals surface area contributed by atoms with Gasteiger partial charge in [0.15, 0.2) is 5.94 Å². The molecule has 0 radical (unpaired) electrons. The summed E-state index contributed by atoms with van der Waals surface area (Å²) in [6.45, 7) is 4.07. The van der Waals surface area contributed by atoms with Crippen LogP contribution in [0.1, 0.15) is 13.8 Å². The lowest BCUT2D eigenvalue weighted by Crippen LogP contribution is -1.83. The Morgan fingerprint density at radius 1 is 1.75 bits per heavy atom. The van der Waals surface area contributed by atoms with Gasteiger partial charge in [-0.2, -0.15) is 0 Å². The van der Waals surface area contributed by atoms with Gasteiger partial charge in [0, 0.05) is 12.7 Å². The van der Waals surface area contributed by atoms with Gasteiger partial charge >= 0.3 is 0 Å². The molecule has 0 rings (SSSR count). The zero-order chi connectivity index (χ0) is 6.41. The summed E-state index contributed by atoms with van der Waals surface area (Å²) in [6.07, 6.45) is 0. The third kappa shape index (κ3) is 3.23. The van der Waals surface area contributed by atoms with Crippen LogP contribution in [0, 0.1) is 0 Å². The molecule has 0 amide bonds. The van der Waals surface area contributed by atoms with Gasteiger partial charge in [-0.15, -0.1) is 0 Å². The van der Waals surface area contributed by atoms with Gasteiger partial charge < -0.3 is 4.74 Å². The molecule has 2 heteroatoms. The van der Waals surface area contributed by atoms with E-state index in [1.54, 1.807) is 6.92 Å². The van der Waals surface area contributed by atoms with Crippen LogP contribution in [-0.2, 0) is 9.53 Å².